The van der Waals surface area contributed by atoms with Crippen LogP contribution in [0.15, 0.2) is 58.1 Å². The molecule has 0 bridgehead atoms. The number of carbonyl (C=O) groups is 1. The lowest BCUT2D eigenvalue weighted by molar-refractivity contribution is -0.127. The van der Waals surface area contributed by atoms with Crippen LogP contribution in [0.1, 0.15) is 23.8 Å². The molecule has 1 aliphatic heterocycles. The second kappa shape index (κ2) is 12.9. The maximum absolute atomic E-state index is 12.4. The number of benzene rings is 1. The third-order valence-electron chi connectivity index (χ3n) is 5.16. The van der Waals surface area contributed by atoms with Crippen molar-refractivity contribution in [2.24, 2.45) is 10.9 Å². The molecule has 0 spiro atoms. The summed E-state index contributed by atoms with van der Waals surface area (Å²) in [5.41, 5.74) is 1.17. The monoisotopic (exact) mass is 542 g/mol. The zero-order valence-corrected chi connectivity index (χ0v) is 20.7. The van der Waals surface area contributed by atoms with E-state index in [2.05, 4.69) is 29.0 Å². The number of likely N-dealkylation sites (tertiary alicyclic amines) is 1. The van der Waals surface area contributed by atoms with E-state index in [1.165, 1.54) is 5.56 Å². The standard InChI is InChI=1S/C22H30N4O2S.HI/c1-26-20(27)15-18(21(26)17-7-4-3-5-8-17)16-25-22(24-12-14-29-2)23-11-10-19-9-6-13-28-19;/h3-9,13,18,21H,10-12,14-16H2,1-2H3,(H2,23,24,25);1H. The molecule has 2 N–H and O–H groups in total. The molecule has 0 aliphatic carbocycles. The van der Waals surface area contributed by atoms with E-state index in [9.17, 15) is 4.79 Å². The van der Waals surface area contributed by atoms with Gasteiger partial charge in [-0.15, -0.1) is 24.0 Å². The third kappa shape index (κ3) is 6.94. The van der Waals surface area contributed by atoms with E-state index < -0.39 is 0 Å². The van der Waals surface area contributed by atoms with Crippen molar-refractivity contribution in [3.8, 4) is 0 Å². The third-order valence-corrected chi connectivity index (χ3v) is 5.77. The highest BCUT2D eigenvalue weighted by atomic mass is 127. The van der Waals surface area contributed by atoms with Crippen LogP contribution in [0.4, 0.5) is 0 Å². The summed E-state index contributed by atoms with van der Waals surface area (Å²) in [7, 11) is 1.89. The Labute approximate surface area is 200 Å². The molecule has 1 fully saturated rings. The van der Waals surface area contributed by atoms with Crippen LogP contribution in [-0.2, 0) is 11.2 Å². The first-order chi connectivity index (χ1) is 14.2. The van der Waals surface area contributed by atoms with Crippen molar-refractivity contribution in [3.05, 3.63) is 60.1 Å². The molecule has 1 aromatic carbocycles. The van der Waals surface area contributed by atoms with Crippen LogP contribution in [0.5, 0.6) is 0 Å². The van der Waals surface area contributed by atoms with E-state index in [4.69, 9.17) is 9.41 Å². The lowest BCUT2D eigenvalue weighted by atomic mass is 9.94. The van der Waals surface area contributed by atoms with Gasteiger partial charge in [0.2, 0.25) is 5.91 Å². The molecule has 3 rings (SSSR count). The van der Waals surface area contributed by atoms with E-state index >= 15 is 0 Å². The molecule has 1 saturated heterocycles. The van der Waals surface area contributed by atoms with Crippen LogP contribution in [0.3, 0.4) is 0 Å². The summed E-state index contributed by atoms with van der Waals surface area (Å²) in [5, 5.41) is 6.78. The number of hydrogen-bond donors (Lipinski definition) is 2. The van der Waals surface area contributed by atoms with Gasteiger partial charge in [0.05, 0.1) is 12.3 Å². The van der Waals surface area contributed by atoms with E-state index in [1.54, 1.807) is 18.0 Å². The van der Waals surface area contributed by atoms with Gasteiger partial charge in [0.25, 0.3) is 0 Å². The number of amides is 1. The van der Waals surface area contributed by atoms with Crippen molar-refractivity contribution in [3.63, 3.8) is 0 Å². The topological polar surface area (TPSA) is 69.9 Å². The van der Waals surface area contributed by atoms with Gasteiger partial charge < -0.3 is 20.0 Å². The number of rotatable bonds is 9. The number of carbonyl (C=O) groups excluding carboxylic acids is 1. The predicted molar refractivity (Wildman–Crippen MR) is 135 cm³/mol. The highest BCUT2D eigenvalue weighted by Crippen LogP contribution is 2.36. The first kappa shape index (κ1) is 24.6. The molecule has 0 saturated carbocycles. The fourth-order valence-corrected chi connectivity index (χ4v) is 3.98. The lowest BCUT2D eigenvalue weighted by Gasteiger charge is -2.25. The summed E-state index contributed by atoms with van der Waals surface area (Å²) in [4.78, 5) is 19.0. The number of aliphatic imine (C=N–C) groups is 1. The fourth-order valence-electron chi connectivity index (χ4n) is 3.67. The molecule has 2 unspecified atom stereocenters. The Morgan fingerprint density at radius 3 is 2.67 bits per heavy atom. The minimum atomic E-state index is 0. The zero-order valence-electron chi connectivity index (χ0n) is 17.5. The molecule has 1 aromatic heterocycles. The second-order valence-electron chi connectivity index (χ2n) is 7.19. The summed E-state index contributed by atoms with van der Waals surface area (Å²) in [6.07, 6.45) is 5.11. The summed E-state index contributed by atoms with van der Waals surface area (Å²) >= 11 is 1.80. The van der Waals surface area contributed by atoms with Crippen LogP contribution in [0, 0.1) is 5.92 Å². The minimum Gasteiger partial charge on any atom is -0.469 e. The van der Waals surface area contributed by atoms with Crippen LogP contribution in [0.25, 0.3) is 0 Å². The number of thioether (sulfide) groups is 1. The molecule has 2 heterocycles. The smallest absolute Gasteiger partial charge is 0.223 e. The number of hydrogen-bond acceptors (Lipinski definition) is 4. The molecule has 1 amide bonds. The van der Waals surface area contributed by atoms with E-state index in [-0.39, 0.29) is 41.8 Å². The Kier molecular flexibility index (Phi) is 10.6. The van der Waals surface area contributed by atoms with Gasteiger partial charge in [0.1, 0.15) is 5.76 Å². The highest BCUT2D eigenvalue weighted by Gasteiger charge is 2.38. The number of halogens is 1. The van der Waals surface area contributed by atoms with Crippen molar-refractivity contribution in [2.45, 2.75) is 18.9 Å². The maximum Gasteiger partial charge on any atom is 0.223 e. The van der Waals surface area contributed by atoms with E-state index in [0.717, 1.165) is 37.0 Å². The van der Waals surface area contributed by atoms with Gasteiger partial charge >= 0.3 is 0 Å². The highest BCUT2D eigenvalue weighted by molar-refractivity contribution is 14.0. The number of guanidine groups is 1. The predicted octanol–water partition coefficient (Wildman–Crippen LogP) is 3.56. The Balaban J connectivity index is 0.00000320. The van der Waals surface area contributed by atoms with Crippen molar-refractivity contribution in [1.82, 2.24) is 15.5 Å². The quantitative estimate of drug-likeness (QED) is 0.220. The minimum absolute atomic E-state index is 0. The number of nitrogens with one attached hydrogen (secondary N) is 2. The largest absolute Gasteiger partial charge is 0.469 e. The van der Waals surface area contributed by atoms with Gasteiger partial charge in [0.15, 0.2) is 5.96 Å². The lowest BCUT2D eigenvalue weighted by Crippen LogP contribution is -2.40. The first-order valence-electron chi connectivity index (χ1n) is 10.0. The zero-order chi connectivity index (χ0) is 20.5. The van der Waals surface area contributed by atoms with Gasteiger partial charge in [0, 0.05) is 51.2 Å². The summed E-state index contributed by atoms with van der Waals surface area (Å²) in [6.45, 7) is 2.19. The summed E-state index contributed by atoms with van der Waals surface area (Å²) in [5.74, 6) is 3.10. The molecule has 1 aliphatic rings. The number of furan rings is 1. The SMILES string of the molecule is CSCCNC(=NCC1CC(=O)N(C)C1c1ccccc1)NCCc1ccco1.I. The van der Waals surface area contributed by atoms with Crippen molar-refractivity contribution >= 4 is 47.6 Å². The van der Waals surface area contributed by atoms with Gasteiger partial charge in [-0.3, -0.25) is 9.79 Å². The van der Waals surface area contributed by atoms with Gasteiger partial charge in [-0.1, -0.05) is 30.3 Å². The molecular formula is C22H31IN4O2S. The fraction of sp³-hybridized carbons (Fsp3) is 0.455. The number of nitrogens with zero attached hydrogens (tertiary/aromatic N) is 2. The average Bonchev–Trinajstić information content (AvgIpc) is 3.35. The Hall–Kier alpha value is -1.68. The normalized spacial score (nSPS) is 18.9. The van der Waals surface area contributed by atoms with Crippen LogP contribution < -0.4 is 10.6 Å². The first-order valence-corrected chi connectivity index (χ1v) is 11.4. The average molecular weight is 542 g/mol. The Morgan fingerprint density at radius 2 is 1.97 bits per heavy atom. The molecular weight excluding hydrogens is 511 g/mol. The van der Waals surface area contributed by atoms with E-state index in [1.807, 2.05) is 42.3 Å². The molecule has 164 valence electrons. The molecule has 8 heteroatoms. The van der Waals surface area contributed by atoms with Gasteiger partial charge in [-0.2, -0.15) is 11.8 Å². The van der Waals surface area contributed by atoms with Crippen molar-refractivity contribution < 1.29 is 9.21 Å². The summed E-state index contributed by atoms with van der Waals surface area (Å²) < 4.78 is 5.40. The molecule has 2 aromatic rings. The molecule has 2 atom stereocenters. The van der Waals surface area contributed by atoms with Crippen molar-refractivity contribution in [2.75, 3.05) is 38.7 Å². The van der Waals surface area contributed by atoms with Crippen LogP contribution in [-0.4, -0.2) is 55.5 Å². The molecule has 6 nitrogen and oxygen atoms in total. The maximum atomic E-state index is 12.4. The Morgan fingerprint density at radius 1 is 1.20 bits per heavy atom. The summed E-state index contributed by atoms with van der Waals surface area (Å²) in [6, 6.07) is 14.2. The second-order valence-corrected chi connectivity index (χ2v) is 8.17. The van der Waals surface area contributed by atoms with Crippen LogP contribution in [0.2, 0.25) is 0 Å². The van der Waals surface area contributed by atoms with Crippen LogP contribution >= 0.6 is 35.7 Å². The van der Waals surface area contributed by atoms with Crippen molar-refractivity contribution in [1.29, 1.82) is 0 Å². The van der Waals surface area contributed by atoms with E-state index in [0.29, 0.717) is 13.0 Å². The molecule has 0 radical (unpaired) electrons. The van der Waals surface area contributed by atoms with Gasteiger partial charge in [-0.05, 0) is 24.0 Å². The van der Waals surface area contributed by atoms with Gasteiger partial charge in [-0.25, -0.2) is 0 Å². The molecule has 30 heavy (non-hydrogen) atoms. The Bertz CT molecular complexity index is 786.